The van der Waals surface area contributed by atoms with E-state index in [4.69, 9.17) is 14.2 Å². The minimum Gasteiger partial charge on any atom is -0.477 e. The van der Waals surface area contributed by atoms with Crippen LogP contribution in [0.3, 0.4) is 0 Å². The van der Waals surface area contributed by atoms with Gasteiger partial charge in [-0.15, -0.1) is 0 Å². The number of hydrogen-bond donors (Lipinski definition) is 0. The molecule has 0 aliphatic rings. The lowest BCUT2D eigenvalue weighted by Gasteiger charge is -2.20. The molecule has 0 saturated carbocycles. The summed E-state index contributed by atoms with van der Waals surface area (Å²) in [7, 11) is 0. The first-order valence-corrected chi connectivity index (χ1v) is 16.4. The molecule has 2 aromatic carbocycles. The van der Waals surface area contributed by atoms with Crippen molar-refractivity contribution in [3.8, 4) is 22.8 Å². The maximum absolute atomic E-state index is 13.4. The molecule has 3 aromatic rings. The van der Waals surface area contributed by atoms with E-state index in [0.717, 1.165) is 31.2 Å². The molecule has 0 amide bonds. The predicted molar refractivity (Wildman–Crippen MR) is 171 cm³/mol. The Labute approximate surface area is 269 Å². The van der Waals surface area contributed by atoms with Crippen molar-refractivity contribution in [1.82, 2.24) is 9.97 Å². The van der Waals surface area contributed by atoms with Crippen molar-refractivity contribution in [3.63, 3.8) is 0 Å². The highest BCUT2D eigenvalue weighted by molar-refractivity contribution is 5.92. The molecule has 3 rings (SSSR count). The zero-order valence-electron chi connectivity index (χ0n) is 26.8. The first-order valence-electron chi connectivity index (χ1n) is 16.4. The molecule has 0 saturated heterocycles. The van der Waals surface area contributed by atoms with Gasteiger partial charge in [-0.1, -0.05) is 90.2 Å². The van der Waals surface area contributed by atoms with Crippen LogP contribution in [0.4, 0.5) is 13.2 Å². The third-order valence-electron chi connectivity index (χ3n) is 7.58. The van der Waals surface area contributed by atoms with Crippen molar-refractivity contribution in [2.45, 2.75) is 110 Å². The number of nitrogens with zero attached hydrogens (tertiary/aromatic N) is 2. The number of aromatic nitrogens is 2. The van der Waals surface area contributed by atoms with Crippen LogP contribution < -0.4 is 9.47 Å². The van der Waals surface area contributed by atoms with Crippen molar-refractivity contribution in [2.75, 3.05) is 6.61 Å². The summed E-state index contributed by atoms with van der Waals surface area (Å²) in [5.41, 5.74) is 1.69. The van der Waals surface area contributed by atoms with Crippen LogP contribution in [-0.2, 0) is 4.74 Å². The van der Waals surface area contributed by atoms with E-state index >= 15 is 0 Å². The van der Waals surface area contributed by atoms with Crippen LogP contribution in [0.2, 0.25) is 0 Å². The lowest BCUT2D eigenvalue weighted by atomic mass is 10.1. The monoisotopic (exact) mass is 642 g/mol. The van der Waals surface area contributed by atoms with E-state index in [2.05, 4.69) is 16.9 Å². The van der Waals surface area contributed by atoms with E-state index < -0.39 is 24.2 Å². The fourth-order valence-electron chi connectivity index (χ4n) is 4.89. The van der Waals surface area contributed by atoms with Gasteiger partial charge in [-0.25, -0.2) is 19.6 Å². The number of hydrogen-bond acceptors (Lipinski definition) is 7. The Morgan fingerprint density at radius 1 is 0.739 bits per heavy atom. The highest BCUT2D eigenvalue weighted by Crippen LogP contribution is 2.29. The van der Waals surface area contributed by atoms with Crippen LogP contribution in [0.25, 0.3) is 11.1 Å². The number of benzene rings is 2. The molecule has 0 spiro atoms. The van der Waals surface area contributed by atoms with Gasteiger partial charge in [0.15, 0.2) is 6.10 Å². The molecule has 10 heteroatoms. The van der Waals surface area contributed by atoms with Gasteiger partial charge in [-0.05, 0) is 61.2 Å². The Kier molecular flexibility index (Phi) is 15.5. The summed E-state index contributed by atoms with van der Waals surface area (Å²) in [6.07, 6.45) is 8.28. The number of carbonyl (C=O) groups is 2. The molecular weight excluding hydrogens is 597 g/mol. The van der Waals surface area contributed by atoms with Gasteiger partial charge in [0.1, 0.15) is 12.1 Å². The number of esters is 2. The molecule has 0 aliphatic carbocycles. The first kappa shape index (κ1) is 36.5. The highest BCUT2D eigenvalue weighted by atomic mass is 19.4. The van der Waals surface area contributed by atoms with Crippen LogP contribution in [0, 0.1) is 0 Å². The van der Waals surface area contributed by atoms with Gasteiger partial charge in [0.25, 0.3) is 0 Å². The van der Waals surface area contributed by atoms with Crippen LogP contribution in [-0.4, -0.2) is 40.8 Å². The Morgan fingerprint density at radius 2 is 1.30 bits per heavy atom. The van der Waals surface area contributed by atoms with Crippen molar-refractivity contribution in [3.05, 3.63) is 72.2 Å². The van der Waals surface area contributed by atoms with Crippen molar-refractivity contribution in [2.24, 2.45) is 0 Å². The van der Waals surface area contributed by atoms with Gasteiger partial charge in [0.05, 0.1) is 23.3 Å². The Balaban J connectivity index is 1.51. The second-order valence-corrected chi connectivity index (χ2v) is 11.3. The largest absolute Gasteiger partial charge is 0.477 e. The summed E-state index contributed by atoms with van der Waals surface area (Å²) in [4.78, 5) is 33.6. The zero-order valence-corrected chi connectivity index (χ0v) is 26.8. The van der Waals surface area contributed by atoms with E-state index in [0.29, 0.717) is 30.9 Å². The SMILES string of the molecule is CCCCCCCCCCOc1ncncc1-c1ccc(C(=O)Oc2ccc(C(=O)OC(CCCCCC)C(F)(F)F)cc2)cc1. The van der Waals surface area contributed by atoms with Crippen molar-refractivity contribution in [1.29, 1.82) is 0 Å². The molecule has 1 heterocycles. The molecule has 0 radical (unpaired) electrons. The lowest BCUT2D eigenvalue weighted by molar-refractivity contribution is -0.206. The number of unbranched alkanes of at least 4 members (excludes halogenated alkanes) is 10. The lowest BCUT2D eigenvalue weighted by Crippen LogP contribution is -2.33. The van der Waals surface area contributed by atoms with Gasteiger partial charge in [0, 0.05) is 6.20 Å². The maximum Gasteiger partial charge on any atom is 0.425 e. The first-order chi connectivity index (χ1) is 22.2. The molecule has 1 aromatic heterocycles. The summed E-state index contributed by atoms with van der Waals surface area (Å²) in [5.74, 6) is -1.12. The normalized spacial score (nSPS) is 12.0. The number of rotatable bonds is 20. The second-order valence-electron chi connectivity index (χ2n) is 11.3. The Bertz CT molecular complexity index is 1330. The fraction of sp³-hybridized carbons (Fsp3) is 0.500. The van der Waals surface area contributed by atoms with E-state index in [9.17, 15) is 22.8 Å². The van der Waals surface area contributed by atoms with Gasteiger partial charge in [0.2, 0.25) is 5.88 Å². The number of ether oxygens (including phenoxy) is 3. The zero-order chi connectivity index (χ0) is 33.2. The molecular formula is C36H45F3N2O5. The second kappa shape index (κ2) is 19.5. The third kappa shape index (κ3) is 12.4. The molecule has 46 heavy (non-hydrogen) atoms. The highest BCUT2D eigenvalue weighted by Gasteiger charge is 2.42. The molecule has 0 N–H and O–H groups in total. The third-order valence-corrected chi connectivity index (χ3v) is 7.58. The number of alkyl halides is 3. The van der Waals surface area contributed by atoms with E-state index in [-0.39, 0.29) is 23.3 Å². The summed E-state index contributed by atoms with van der Waals surface area (Å²) < 4.78 is 56.3. The van der Waals surface area contributed by atoms with Gasteiger partial charge < -0.3 is 14.2 Å². The molecule has 1 unspecified atom stereocenters. The van der Waals surface area contributed by atoms with Crippen LogP contribution >= 0.6 is 0 Å². The molecule has 0 aliphatic heterocycles. The summed E-state index contributed by atoms with van der Waals surface area (Å²) in [6.45, 7) is 4.74. The van der Waals surface area contributed by atoms with Crippen LogP contribution in [0.1, 0.15) is 118 Å². The average Bonchev–Trinajstić information content (AvgIpc) is 3.05. The molecule has 1 atom stereocenters. The van der Waals surface area contributed by atoms with Crippen molar-refractivity contribution >= 4 is 11.9 Å². The van der Waals surface area contributed by atoms with Crippen molar-refractivity contribution < 1.29 is 37.0 Å². The minimum absolute atomic E-state index is 0.0718. The van der Waals surface area contributed by atoms with E-state index in [1.165, 1.54) is 69.1 Å². The molecule has 0 bridgehead atoms. The van der Waals surface area contributed by atoms with Gasteiger partial charge >= 0.3 is 18.1 Å². The molecule has 0 fully saturated rings. The summed E-state index contributed by atoms with van der Waals surface area (Å²) in [5, 5.41) is 0. The number of carbonyl (C=O) groups excluding carboxylic acids is 2. The maximum atomic E-state index is 13.4. The summed E-state index contributed by atoms with van der Waals surface area (Å²) >= 11 is 0. The predicted octanol–water partition coefficient (Wildman–Crippen LogP) is 9.94. The topological polar surface area (TPSA) is 87.6 Å². The van der Waals surface area contributed by atoms with E-state index in [1.54, 1.807) is 30.5 Å². The number of halogens is 3. The van der Waals surface area contributed by atoms with E-state index in [1.807, 2.05) is 6.92 Å². The van der Waals surface area contributed by atoms with Crippen LogP contribution in [0.5, 0.6) is 11.6 Å². The van der Waals surface area contributed by atoms with Crippen LogP contribution in [0.15, 0.2) is 61.1 Å². The fourth-order valence-corrected chi connectivity index (χ4v) is 4.89. The minimum atomic E-state index is -4.65. The quantitative estimate of drug-likeness (QED) is 0.0689. The molecule has 7 nitrogen and oxygen atoms in total. The smallest absolute Gasteiger partial charge is 0.425 e. The van der Waals surface area contributed by atoms with Gasteiger partial charge in [-0.2, -0.15) is 13.2 Å². The van der Waals surface area contributed by atoms with Gasteiger partial charge in [-0.3, -0.25) is 0 Å². The Hall–Kier alpha value is -3.95. The molecule has 250 valence electrons. The summed E-state index contributed by atoms with van der Waals surface area (Å²) in [6, 6.07) is 11.9. The average molecular weight is 643 g/mol. The Morgan fingerprint density at radius 3 is 1.93 bits per heavy atom. The standard InChI is InChI=1S/C36H45F3N2O5/c1-3-5-7-9-10-11-12-14-24-44-33-31(25-40-26-41-33)27-16-18-28(19-17-27)34(42)45-30-22-20-29(21-23-30)35(43)46-32(36(37,38)39)15-13-8-6-4-2/h16-23,25-26,32H,3-15,24H2,1-2H3.